The molecule has 1 fully saturated rings. The van der Waals surface area contributed by atoms with Crippen molar-refractivity contribution < 1.29 is 28.6 Å². The lowest BCUT2D eigenvalue weighted by Crippen LogP contribution is -2.53. The summed E-state index contributed by atoms with van der Waals surface area (Å²) in [6, 6.07) is 26.4. The maximum absolute atomic E-state index is 13.4. The number of nitrogens with zero attached hydrogens (tertiary/aromatic N) is 2. The first-order valence-corrected chi connectivity index (χ1v) is 13.9. The van der Waals surface area contributed by atoms with Crippen LogP contribution in [0.4, 0.5) is 4.79 Å². The van der Waals surface area contributed by atoms with Gasteiger partial charge in [-0.1, -0.05) is 67.9 Å². The number of nitriles is 1. The number of benzene rings is 3. The van der Waals surface area contributed by atoms with Crippen LogP contribution in [-0.4, -0.2) is 48.2 Å². The van der Waals surface area contributed by atoms with Gasteiger partial charge in [0.15, 0.2) is 0 Å². The first-order valence-electron chi connectivity index (χ1n) is 13.9. The van der Waals surface area contributed by atoms with Crippen molar-refractivity contribution in [1.82, 2.24) is 4.90 Å². The molecule has 1 atom stereocenters. The molecule has 0 N–H and O–H groups in total. The van der Waals surface area contributed by atoms with Gasteiger partial charge in [-0.05, 0) is 53.8 Å². The van der Waals surface area contributed by atoms with Gasteiger partial charge in [0.05, 0.1) is 31.3 Å². The molecule has 8 nitrogen and oxygen atoms in total. The SMILES string of the molecule is CCCCOC(=O)C[C@@]1(Cc2ccccc2)COC(=O)N1C(=O)CCCOc1ccc(-c2ccc(C#N)cc2)cc1. The Morgan fingerprint density at radius 1 is 0.951 bits per heavy atom. The topological polar surface area (TPSA) is 106 Å². The third-order valence-corrected chi connectivity index (χ3v) is 6.99. The highest BCUT2D eigenvalue weighted by Gasteiger charge is 2.52. The number of hydrogen-bond acceptors (Lipinski definition) is 7. The molecular weight excluding hydrogens is 520 g/mol. The van der Waals surface area contributed by atoms with Crippen molar-refractivity contribution in [3.8, 4) is 22.9 Å². The van der Waals surface area contributed by atoms with E-state index in [-0.39, 0.29) is 32.5 Å². The molecule has 8 heteroatoms. The normalized spacial score (nSPS) is 16.1. The minimum atomic E-state index is -1.15. The smallest absolute Gasteiger partial charge is 0.417 e. The van der Waals surface area contributed by atoms with Gasteiger partial charge in [0.1, 0.15) is 17.9 Å². The van der Waals surface area contributed by atoms with Crippen LogP contribution in [0.25, 0.3) is 11.1 Å². The van der Waals surface area contributed by atoms with Crippen molar-refractivity contribution in [3.63, 3.8) is 0 Å². The lowest BCUT2D eigenvalue weighted by atomic mass is 9.87. The molecule has 4 rings (SSSR count). The van der Waals surface area contributed by atoms with Gasteiger partial charge in [-0.2, -0.15) is 5.26 Å². The van der Waals surface area contributed by atoms with Crippen LogP contribution >= 0.6 is 0 Å². The number of esters is 1. The quantitative estimate of drug-likeness (QED) is 0.186. The average Bonchev–Trinajstić information content (AvgIpc) is 3.31. The molecule has 0 unspecified atom stereocenters. The Balaban J connectivity index is 1.36. The maximum Gasteiger partial charge on any atom is 0.417 e. The first-order chi connectivity index (χ1) is 19.9. The van der Waals surface area contributed by atoms with Gasteiger partial charge in [0.2, 0.25) is 5.91 Å². The molecule has 3 aromatic carbocycles. The van der Waals surface area contributed by atoms with Crippen molar-refractivity contribution in [2.45, 2.75) is 51.0 Å². The Labute approximate surface area is 240 Å². The second-order valence-corrected chi connectivity index (χ2v) is 10.1. The Morgan fingerprint density at radius 2 is 1.63 bits per heavy atom. The average molecular weight is 555 g/mol. The van der Waals surface area contributed by atoms with Crippen molar-refractivity contribution in [3.05, 3.63) is 90.0 Å². The van der Waals surface area contributed by atoms with E-state index in [9.17, 15) is 14.4 Å². The van der Waals surface area contributed by atoms with Gasteiger partial charge in [-0.25, -0.2) is 9.69 Å². The highest BCUT2D eigenvalue weighted by atomic mass is 16.6. The molecule has 212 valence electrons. The molecule has 1 aliphatic rings. The zero-order valence-electron chi connectivity index (χ0n) is 23.2. The molecule has 0 bridgehead atoms. The summed E-state index contributed by atoms with van der Waals surface area (Å²) < 4.78 is 16.6. The van der Waals surface area contributed by atoms with Gasteiger partial charge in [-0.15, -0.1) is 0 Å². The van der Waals surface area contributed by atoms with E-state index in [1.807, 2.05) is 73.7 Å². The number of carbonyl (C=O) groups is 3. The fourth-order valence-corrected chi connectivity index (χ4v) is 4.84. The standard InChI is InChI=1S/C33H34N2O6/c1-2-3-19-40-31(37)22-33(21-25-8-5-4-6-9-25)24-41-32(38)35(33)30(36)10-7-20-39-29-17-15-28(16-18-29)27-13-11-26(23-34)12-14-27/h4-6,8-9,11-18H,2-3,7,10,19-22,24H2,1H3/t33-/m0/s1. The monoisotopic (exact) mass is 554 g/mol. The Morgan fingerprint density at radius 3 is 2.29 bits per heavy atom. The van der Waals surface area contributed by atoms with E-state index in [4.69, 9.17) is 19.5 Å². The molecule has 0 spiro atoms. The minimum absolute atomic E-state index is 0.0554. The number of unbranched alkanes of at least 4 members (excludes halogenated alkanes) is 1. The van der Waals surface area contributed by atoms with E-state index < -0.39 is 23.5 Å². The van der Waals surface area contributed by atoms with Crippen molar-refractivity contribution in [2.24, 2.45) is 0 Å². The van der Waals surface area contributed by atoms with Crippen molar-refractivity contribution >= 4 is 18.0 Å². The molecule has 1 heterocycles. The summed E-state index contributed by atoms with van der Waals surface area (Å²) in [5, 5.41) is 8.97. The molecule has 2 amide bonds. The zero-order valence-corrected chi connectivity index (χ0v) is 23.2. The number of hydrogen-bond donors (Lipinski definition) is 0. The molecular formula is C33H34N2O6. The summed E-state index contributed by atoms with van der Waals surface area (Å²) in [5.74, 6) is -0.216. The summed E-state index contributed by atoms with van der Waals surface area (Å²) in [6.45, 7) is 2.50. The molecule has 1 saturated heterocycles. The van der Waals surface area contributed by atoms with Gasteiger partial charge in [0.25, 0.3) is 0 Å². The number of cyclic esters (lactones) is 1. The highest BCUT2D eigenvalue weighted by molar-refractivity contribution is 5.95. The van der Waals surface area contributed by atoms with E-state index in [2.05, 4.69) is 6.07 Å². The predicted octanol–water partition coefficient (Wildman–Crippen LogP) is 6.08. The zero-order chi connectivity index (χ0) is 29.1. The third-order valence-electron chi connectivity index (χ3n) is 6.99. The van der Waals surface area contributed by atoms with Gasteiger partial charge < -0.3 is 14.2 Å². The summed E-state index contributed by atoms with van der Waals surface area (Å²) in [6.07, 6.45) is 1.47. The maximum atomic E-state index is 13.4. The number of amides is 2. The Bertz CT molecular complexity index is 1370. The number of ether oxygens (including phenoxy) is 3. The van der Waals surface area contributed by atoms with Crippen LogP contribution in [-0.2, 0) is 25.5 Å². The Kier molecular flexibility index (Phi) is 10.1. The largest absolute Gasteiger partial charge is 0.494 e. The predicted molar refractivity (Wildman–Crippen MR) is 153 cm³/mol. The summed E-state index contributed by atoms with van der Waals surface area (Å²) in [5.41, 5.74) is 2.33. The van der Waals surface area contributed by atoms with Crippen LogP contribution in [0.5, 0.6) is 5.75 Å². The van der Waals surface area contributed by atoms with Crippen LogP contribution < -0.4 is 4.74 Å². The highest BCUT2D eigenvalue weighted by Crippen LogP contribution is 2.33. The van der Waals surface area contributed by atoms with E-state index in [0.29, 0.717) is 24.3 Å². The number of imide groups is 1. The summed E-state index contributed by atoms with van der Waals surface area (Å²) in [4.78, 5) is 40.0. The second kappa shape index (κ2) is 14.1. The summed E-state index contributed by atoms with van der Waals surface area (Å²) >= 11 is 0. The van der Waals surface area contributed by atoms with Gasteiger partial charge >= 0.3 is 12.1 Å². The van der Waals surface area contributed by atoms with Crippen LogP contribution in [0.2, 0.25) is 0 Å². The number of rotatable bonds is 13. The second-order valence-electron chi connectivity index (χ2n) is 10.1. The molecule has 0 saturated carbocycles. The van der Waals surface area contributed by atoms with E-state index in [0.717, 1.165) is 34.4 Å². The summed E-state index contributed by atoms with van der Waals surface area (Å²) in [7, 11) is 0. The molecule has 41 heavy (non-hydrogen) atoms. The molecule has 0 aliphatic carbocycles. The Hall–Kier alpha value is -4.64. The van der Waals surface area contributed by atoms with Crippen LogP contribution in [0.3, 0.4) is 0 Å². The molecule has 3 aromatic rings. The first kappa shape index (κ1) is 29.3. The van der Waals surface area contributed by atoms with Crippen LogP contribution in [0.15, 0.2) is 78.9 Å². The van der Waals surface area contributed by atoms with E-state index >= 15 is 0 Å². The van der Waals surface area contributed by atoms with Crippen LogP contribution in [0, 0.1) is 11.3 Å². The van der Waals surface area contributed by atoms with Crippen molar-refractivity contribution in [1.29, 1.82) is 5.26 Å². The number of carbonyl (C=O) groups excluding carboxylic acids is 3. The fraction of sp³-hybridized carbons (Fsp3) is 0.333. The molecule has 0 aromatic heterocycles. The van der Waals surface area contributed by atoms with Gasteiger partial charge in [-0.3, -0.25) is 9.59 Å². The minimum Gasteiger partial charge on any atom is -0.494 e. The van der Waals surface area contributed by atoms with Crippen LogP contribution in [0.1, 0.15) is 50.2 Å². The molecule has 0 radical (unpaired) electrons. The van der Waals surface area contributed by atoms with Crippen molar-refractivity contribution in [2.75, 3.05) is 19.8 Å². The lowest BCUT2D eigenvalue weighted by Gasteiger charge is -2.33. The lowest BCUT2D eigenvalue weighted by molar-refractivity contribution is -0.147. The third kappa shape index (κ3) is 7.73. The van der Waals surface area contributed by atoms with E-state index in [1.165, 1.54) is 0 Å². The molecule has 1 aliphatic heterocycles. The van der Waals surface area contributed by atoms with E-state index in [1.54, 1.807) is 12.1 Å². The fourth-order valence-electron chi connectivity index (χ4n) is 4.84. The van der Waals surface area contributed by atoms with Gasteiger partial charge in [0, 0.05) is 12.8 Å².